The maximum Gasteiger partial charge on any atom is 0.0630 e. The average Bonchev–Trinajstić information content (AvgIpc) is 2.81. The monoisotopic (exact) mass is 248 g/mol. The van der Waals surface area contributed by atoms with Crippen LogP contribution in [0.25, 0.3) is 0 Å². The van der Waals surface area contributed by atoms with Gasteiger partial charge in [0.15, 0.2) is 0 Å². The van der Waals surface area contributed by atoms with Gasteiger partial charge in [-0.1, -0.05) is 31.2 Å². The highest BCUT2D eigenvalue weighted by atomic mass is 16.5. The van der Waals surface area contributed by atoms with E-state index >= 15 is 0 Å². The van der Waals surface area contributed by atoms with Crippen LogP contribution in [0, 0.1) is 0 Å². The van der Waals surface area contributed by atoms with Gasteiger partial charge in [0.1, 0.15) is 0 Å². The first kappa shape index (κ1) is 13.5. The molecule has 3 nitrogen and oxygen atoms in total. The zero-order chi connectivity index (χ0) is 12.8. The van der Waals surface area contributed by atoms with Crippen molar-refractivity contribution >= 4 is 0 Å². The standard InChI is InChI=1S/C15H24N2O/c1-3-8-16-9-15(12-18-2)17-10-13-6-4-5-7-14(13)11-17/h4-7,15-16H,3,8-12H2,1-2H3. The van der Waals surface area contributed by atoms with Gasteiger partial charge in [-0.2, -0.15) is 0 Å². The number of ether oxygens (including phenoxy) is 1. The number of rotatable bonds is 7. The molecule has 1 aliphatic heterocycles. The summed E-state index contributed by atoms with van der Waals surface area (Å²) >= 11 is 0. The first-order chi connectivity index (χ1) is 8.85. The predicted octanol–water partition coefficient (Wildman–Crippen LogP) is 2.02. The molecule has 1 unspecified atom stereocenters. The molecule has 0 aliphatic carbocycles. The highest BCUT2D eigenvalue weighted by Crippen LogP contribution is 2.24. The highest BCUT2D eigenvalue weighted by Gasteiger charge is 2.25. The lowest BCUT2D eigenvalue weighted by molar-refractivity contribution is 0.0877. The molecule has 1 heterocycles. The van der Waals surface area contributed by atoms with Crippen LogP contribution in [0.3, 0.4) is 0 Å². The van der Waals surface area contributed by atoms with E-state index in [0.717, 1.165) is 32.8 Å². The topological polar surface area (TPSA) is 24.5 Å². The molecule has 2 rings (SSSR count). The van der Waals surface area contributed by atoms with Gasteiger partial charge in [0.05, 0.1) is 6.61 Å². The van der Waals surface area contributed by atoms with E-state index in [9.17, 15) is 0 Å². The molecule has 0 saturated heterocycles. The fourth-order valence-electron chi connectivity index (χ4n) is 2.55. The molecule has 0 fully saturated rings. The summed E-state index contributed by atoms with van der Waals surface area (Å²) in [6.45, 7) is 7.20. The second-order valence-corrected chi connectivity index (χ2v) is 4.99. The van der Waals surface area contributed by atoms with Gasteiger partial charge in [0.2, 0.25) is 0 Å². The third kappa shape index (κ3) is 3.31. The molecule has 1 aromatic carbocycles. The van der Waals surface area contributed by atoms with Crippen molar-refractivity contribution in [3.05, 3.63) is 35.4 Å². The minimum Gasteiger partial charge on any atom is -0.383 e. The fourth-order valence-corrected chi connectivity index (χ4v) is 2.55. The minimum atomic E-state index is 0.467. The fraction of sp³-hybridized carbons (Fsp3) is 0.600. The second-order valence-electron chi connectivity index (χ2n) is 4.99. The van der Waals surface area contributed by atoms with Crippen LogP contribution < -0.4 is 5.32 Å². The first-order valence-corrected chi connectivity index (χ1v) is 6.85. The molecular formula is C15H24N2O. The van der Waals surface area contributed by atoms with E-state index in [0.29, 0.717) is 6.04 Å². The van der Waals surface area contributed by atoms with Gasteiger partial charge in [-0.25, -0.2) is 0 Å². The van der Waals surface area contributed by atoms with Crippen molar-refractivity contribution in [2.75, 3.05) is 26.8 Å². The lowest BCUT2D eigenvalue weighted by Gasteiger charge is -2.27. The summed E-state index contributed by atoms with van der Waals surface area (Å²) in [4.78, 5) is 2.51. The van der Waals surface area contributed by atoms with Crippen molar-refractivity contribution in [1.82, 2.24) is 10.2 Å². The predicted molar refractivity (Wildman–Crippen MR) is 74.5 cm³/mol. The van der Waals surface area contributed by atoms with Crippen LogP contribution in [-0.2, 0) is 17.8 Å². The number of benzene rings is 1. The van der Waals surface area contributed by atoms with Crippen LogP contribution in [0.5, 0.6) is 0 Å². The van der Waals surface area contributed by atoms with E-state index < -0.39 is 0 Å². The van der Waals surface area contributed by atoms with E-state index in [4.69, 9.17) is 4.74 Å². The Kier molecular flexibility index (Phi) is 5.17. The zero-order valence-corrected chi connectivity index (χ0v) is 11.5. The van der Waals surface area contributed by atoms with Gasteiger partial charge in [0, 0.05) is 32.8 Å². The van der Waals surface area contributed by atoms with Gasteiger partial charge >= 0.3 is 0 Å². The van der Waals surface area contributed by atoms with Gasteiger partial charge in [0.25, 0.3) is 0 Å². The molecule has 0 aromatic heterocycles. The van der Waals surface area contributed by atoms with Gasteiger partial charge in [-0.3, -0.25) is 4.90 Å². The van der Waals surface area contributed by atoms with Gasteiger partial charge in [-0.15, -0.1) is 0 Å². The lowest BCUT2D eigenvalue weighted by atomic mass is 10.1. The molecule has 1 aliphatic rings. The molecule has 1 N–H and O–H groups in total. The summed E-state index contributed by atoms with van der Waals surface area (Å²) in [5, 5.41) is 3.50. The number of methoxy groups -OCH3 is 1. The lowest BCUT2D eigenvalue weighted by Crippen LogP contribution is -2.42. The highest BCUT2D eigenvalue weighted by molar-refractivity contribution is 5.30. The Morgan fingerprint density at radius 1 is 1.28 bits per heavy atom. The number of hydrogen-bond acceptors (Lipinski definition) is 3. The molecule has 18 heavy (non-hydrogen) atoms. The van der Waals surface area contributed by atoms with Crippen LogP contribution >= 0.6 is 0 Å². The number of hydrogen-bond donors (Lipinski definition) is 1. The van der Waals surface area contributed by atoms with E-state index in [1.165, 1.54) is 17.5 Å². The first-order valence-electron chi connectivity index (χ1n) is 6.85. The van der Waals surface area contributed by atoms with E-state index in [-0.39, 0.29) is 0 Å². The van der Waals surface area contributed by atoms with E-state index in [1.54, 1.807) is 7.11 Å². The maximum atomic E-state index is 5.36. The van der Waals surface area contributed by atoms with Crippen molar-refractivity contribution in [3.63, 3.8) is 0 Å². The van der Waals surface area contributed by atoms with Crippen molar-refractivity contribution in [2.45, 2.75) is 32.5 Å². The molecule has 0 bridgehead atoms. The smallest absolute Gasteiger partial charge is 0.0630 e. The Balaban J connectivity index is 1.92. The maximum absolute atomic E-state index is 5.36. The van der Waals surface area contributed by atoms with Gasteiger partial charge < -0.3 is 10.1 Å². The van der Waals surface area contributed by atoms with Gasteiger partial charge in [-0.05, 0) is 24.1 Å². The third-order valence-corrected chi connectivity index (χ3v) is 3.55. The van der Waals surface area contributed by atoms with E-state index in [2.05, 4.69) is 41.4 Å². The Labute approximate surface area is 110 Å². The summed E-state index contributed by atoms with van der Waals surface area (Å²) in [6.07, 6.45) is 1.18. The zero-order valence-electron chi connectivity index (χ0n) is 11.5. The Morgan fingerprint density at radius 2 is 1.94 bits per heavy atom. The van der Waals surface area contributed by atoms with Crippen molar-refractivity contribution in [2.24, 2.45) is 0 Å². The molecule has 0 amide bonds. The molecular weight excluding hydrogens is 224 g/mol. The van der Waals surface area contributed by atoms with Crippen LogP contribution in [0.1, 0.15) is 24.5 Å². The molecule has 1 aromatic rings. The van der Waals surface area contributed by atoms with Crippen LogP contribution in [-0.4, -0.2) is 37.7 Å². The normalized spacial score (nSPS) is 16.8. The Bertz CT molecular complexity index is 342. The number of nitrogens with one attached hydrogen (secondary N) is 1. The molecule has 1 atom stereocenters. The number of nitrogens with zero attached hydrogens (tertiary/aromatic N) is 1. The number of fused-ring (bicyclic) bond motifs is 1. The quantitative estimate of drug-likeness (QED) is 0.747. The molecule has 0 radical (unpaired) electrons. The average molecular weight is 248 g/mol. The summed E-state index contributed by atoms with van der Waals surface area (Å²) in [5.74, 6) is 0. The second kappa shape index (κ2) is 6.88. The summed E-state index contributed by atoms with van der Waals surface area (Å²) in [7, 11) is 1.79. The summed E-state index contributed by atoms with van der Waals surface area (Å²) < 4.78 is 5.36. The van der Waals surface area contributed by atoms with Crippen molar-refractivity contribution in [1.29, 1.82) is 0 Å². The van der Waals surface area contributed by atoms with Crippen LogP contribution in [0.15, 0.2) is 24.3 Å². The van der Waals surface area contributed by atoms with Crippen molar-refractivity contribution < 1.29 is 4.74 Å². The van der Waals surface area contributed by atoms with Crippen LogP contribution in [0.4, 0.5) is 0 Å². The molecule has 0 spiro atoms. The molecule has 3 heteroatoms. The minimum absolute atomic E-state index is 0.467. The van der Waals surface area contributed by atoms with Crippen LogP contribution in [0.2, 0.25) is 0 Å². The Morgan fingerprint density at radius 3 is 2.50 bits per heavy atom. The van der Waals surface area contributed by atoms with Crippen molar-refractivity contribution in [3.8, 4) is 0 Å². The molecule has 100 valence electrons. The summed E-state index contributed by atoms with van der Waals surface area (Å²) in [6, 6.07) is 9.19. The largest absolute Gasteiger partial charge is 0.383 e. The van der Waals surface area contributed by atoms with E-state index in [1.807, 2.05) is 0 Å². The Hall–Kier alpha value is -0.900. The third-order valence-electron chi connectivity index (χ3n) is 3.55. The SMILES string of the molecule is CCCNCC(COC)N1Cc2ccccc2C1. The molecule has 0 saturated carbocycles. The summed E-state index contributed by atoms with van der Waals surface area (Å²) in [5.41, 5.74) is 2.93.